The molecule has 4 nitrogen and oxygen atoms in total. The molecule has 1 aliphatic rings. The van der Waals surface area contributed by atoms with Crippen molar-refractivity contribution < 1.29 is 14.7 Å². The van der Waals surface area contributed by atoms with Crippen molar-refractivity contribution in [3.63, 3.8) is 0 Å². The second kappa shape index (κ2) is 3.20. The highest BCUT2D eigenvalue weighted by Crippen LogP contribution is 2.34. The van der Waals surface area contributed by atoms with Gasteiger partial charge in [-0.2, -0.15) is 0 Å². The number of hydrogen-bond donors (Lipinski definition) is 1. The molecule has 0 aliphatic carbocycles. The number of carboxylic acid groups (broad SMARTS) is 1. The summed E-state index contributed by atoms with van der Waals surface area (Å²) in [5.74, 6) is -0.911. The maximum Gasteiger partial charge on any atom is 0.313 e. The molecule has 1 amide bonds. The van der Waals surface area contributed by atoms with E-state index < -0.39 is 11.4 Å². The number of carbonyl (C=O) groups is 2. The number of carbonyl (C=O) groups excluding carboxylic acids is 1. The third-order valence-corrected chi connectivity index (χ3v) is 2.42. The largest absolute Gasteiger partial charge is 0.481 e. The van der Waals surface area contributed by atoms with Crippen LogP contribution >= 0.6 is 0 Å². The summed E-state index contributed by atoms with van der Waals surface area (Å²) >= 11 is 0. The third kappa shape index (κ3) is 1.56. The van der Waals surface area contributed by atoms with Gasteiger partial charge in [0, 0.05) is 20.0 Å². The Hall–Kier alpha value is -1.32. The molecule has 1 N–H and O–H groups in total. The topological polar surface area (TPSA) is 57.6 Å². The van der Waals surface area contributed by atoms with Gasteiger partial charge >= 0.3 is 5.97 Å². The van der Waals surface area contributed by atoms with Crippen LogP contribution in [0.3, 0.4) is 0 Å². The molecular weight excluding hydrogens is 170 g/mol. The minimum absolute atomic E-state index is 0.0686. The molecule has 1 heterocycles. The van der Waals surface area contributed by atoms with Crippen LogP contribution in [-0.4, -0.2) is 35.0 Å². The minimum Gasteiger partial charge on any atom is -0.481 e. The Bertz CT molecular complexity index is 254. The number of nitrogens with zero attached hydrogens (tertiary/aromatic N) is 1. The molecule has 1 aliphatic heterocycles. The number of allylic oxidation sites excluding steroid dienone is 1. The monoisotopic (exact) mass is 183 g/mol. The molecule has 0 unspecified atom stereocenters. The quantitative estimate of drug-likeness (QED) is 0.648. The lowest BCUT2D eigenvalue weighted by molar-refractivity contribution is -0.164. The zero-order valence-corrected chi connectivity index (χ0v) is 7.62. The van der Waals surface area contributed by atoms with Crippen molar-refractivity contribution in [1.29, 1.82) is 0 Å². The fraction of sp³-hybridized carbons (Fsp3) is 0.556. The van der Waals surface area contributed by atoms with Crippen LogP contribution in [0.2, 0.25) is 0 Å². The molecule has 72 valence electrons. The second-order valence-electron chi connectivity index (χ2n) is 3.45. The first-order valence-electron chi connectivity index (χ1n) is 4.12. The molecule has 0 atom stereocenters. The number of hydrogen-bond acceptors (Lipinski definition) is 2. The van der Waals surface area contributed by atoms with E-state index in [1.807, 2.05) is 0 Å². The lowest BCUT2D eigenvalue weighted by Crippen LogP contribution is -2.61. The summed E-state index contributed by atoms with van der Waals surface area (Å²) in [4.78, 5) is 23.2. The molecule has 13 heavy (non-hydrogen) atoms. The van der Waals surface area contributed by atoms with Crippen LogP contribution in [0.5, 0.6) is 0 Å². The van der Waals surface area contributed by atoms with Crippen molar-refractivity contribution >= 4 is 11.9 Å². The zero-order valence-electron chi connectivity index (χ0n) is 7.62. The van der Waals surface area contributed by atoms with E-state index in [0.717, 1.165) is 0 Å². The number of rotatable bonds is 3. The van der Waals surface area contributed by atoms with Crippen molar-refractivity contribution in [1.82, 2.24) is 4.90 Å². The van der Waals surface area contributed by atoms with Gasteiger partial charge in [0.25, 0.3) is 0 Å². The van der Waals surface area contributed by atoms with Gasteiger partial charge in [-0.3, -0.25) is 9.59 Å². The summed E-state index contributed by atoms with van der Waals surface area (Å²) in [6.07, 6.45) is 2.01. The van der Waals surface area contributed by atoms with Crippen molar-refractivity contribution in [3.05, 3.63) is 12.7 Å². The Morgan fingerprint density at radius 2 is 2.15 bits per heavy atom. The summed E-state index contributed by atoms with van der Waals surface area (Å²) < 4.78 is 0. The van der Waals surface area contributed by atoms with Crippen LogP contribution in [0.15, 0.2) is 12.7 Å². The summed E-state index contributed by atoms with van der Waals surface area (Å²) in [5, 5.41) is 8.93. The highest BCUT2D eigenvalue weighted by molar-refractivity contribution is 5.82. The van der Waals surface area contributed by atoms with E-state index in [-0.39, 0.29) is 5.91 Å². The van der Waals surface area contributed by atoms with Gasteiger partial charge in [-0.15, -0.1) is 6.58 Å². The Morgan fingerprint density at radius 1 is 1.62 bits per heavy atom. The highest BCUT2D eigenvalue weighted by Gasteiger charge is 2.49. The molecule has 1 rings (SSSR count). The van der Waals surface area contributed by atoms with E-state index in [0.29, 0.717) is 19.5 Å². The first-order chi connectivity index (χ1) is 6.02. The summed E-state index contributed by atoms with van der Waals surface area (Å²) in [6.45, 7) is 5.58. The van der Waals surface area contributed by atoms with Gasteiger partial charge < -0.3 is 10.0 Å². The maximum absolute atomic E-state index is 10.9. The normalized spacial score (nSPS) is 19.0. The fourth-order valence-electron chi connectivity index (χ4n) is 1.54. The average Bonchev–Trinajstić information content (AvgIpc) is 1.94. The maximum atomic E-state index is 10.9. The van der Waals surface area contributed by atoms with Crippen molar-refractivity contribution in [2.75, 3.05) is 13.1 Å². The van der Waals surface area contributed by atoms with Gasteiger partial charge in [0.05, 0.1) is 0 Å². The predicted octanol–water partition coefficient (Wildman–Crippen LogP) is 0.496. The summed E-state index contributed by atoms with van der Waals surface area (Å²) in [5.41, 5.74) is -0.770. The van der Waals surface area contributed by atoms with Gasteiger partial charge in [-0.1, -0.05) is 6.08 Å². The van der Waals surface area contributed by atoms with Crippen LogP contribution in [-0.2, 0) is 9.59 Å². The smallest absolute Gasteiger partial charge is 0.313 e. The Morgan fingerprint density at radius 3 is 2.46 bits per heavy atom. The van der Waals surface area contributed by atoms with Crippen molar-refractivity contribution in [2.45, 2.75) is 13.3 Å². The molecule has 0 aromatic heterocycles. The number of amides is 1. The van der Waals surface area contributed by atoms with E-state index in [4.69, 9.17) is 5.11 Å². The van der Waals surface area contributed by atoms with Gasteiger partial charge in [0.15, 0.2) is 0 Å². The van der Waals surface area contributed by atoms with Gasteiger partial charge in [-0.05, 0) is 6.42 Å². The lowest BCUT2D eigenvalue weighted by atomic mass is 9.77. The fourth-order valence-corrected chi connectivity index (χ4v) is 1.54. The number of carboxylic acids is 1. The second-order valence-corrected chi connectivity index (χ2v) is 3.45. The van der Waals surface area contributed by atoms with E-state index in [2.05, 4.69) is 6.58 Å². The molecule has 1 fully saturated rings. The molecule has 1 saturated heterocycles. The lowest BCUT2D eigenvalue weighted by Gasteiger charge is -2.46. The van der Waals surface area contributed by atoms with Crippen LogP contribution in [0.4, 0.5) is 0 Å². The van der Waals surface area contributed by atoms with Gasteiger partial charge in [-0.25, -0.2) is 0 Å². The Kier molecular flexibility index (Phi) is 2.40. The standard InChI is InChI=1S/C9H13NO3/c1-3-4-9(8(12)13)5-10(6-9)7(2)11/h3H,1,4-6H2,2H3,(H,12,13). The molecule has 0 aromatic rings. The Labute approximate surface area is 76.8 Å². The van der Waals surface area contributed by atoms with Gasteiger partial charge in [0.1, 0.15) is 5.41 Å². The summed E-state index contributed by atoms with van der Waals surface area (Å²) in [7, 11) is 0. The molecule has 0 aromatic carbocycles. The average molecular weight is 183 g/mol. The third-order valence-electron chi connectivity index (χ3n) is 2.42. The summed E-state index contributed by atoms with van der Waals surface area (Å²) in [6, 6.07) is 0. The van der Waals surface area contributed by atoms with Crippen LogP contribution in [0.1, 0.15) is 13.3 Å². The first-order valence-corrected chi connectivity index (χ1v) is 4.12. The molecule has 0 radical (unpaired) electrons. The van der Waals surface area contributed by atoms with E-state index in [1.54, 1.807) is 6.08 Å². The van der Waals surface area contributed by atoms with E-state index >= 15 is 0 Å². The number of aliphatic carboxylic acids is 1. The molecule has 0 saturated carbocycles. The molecule has 0 bridgehead atoms. The molecular formula is C9H13NO3. The van der Waals surface area contributed by atoms with Crippen LogP contribution in [0, 0.1) is 5.41 Å². The van der Waals surface area contributed by atoms with Crippen LogP contribution in [0.25, 0.3) is 0 Å². The predicted molar refractivity (Wildman–Crippen MR) is 47.1 cm³/mol. The zero-order chi connectivity index (χ0) is 10.1. The van der Waals surface area contributed by atoms with Gasteiger partial charge in [0.2, 0.25) is 5.91 Å². The number of likely N-dealkylation sites (tertiary alicyclic amines) is 1. The minimum atomic E-state index is -0.843. The highest BCUT2D eigenvalue weighted by atomic mass is 16.4. The molecule has 4 heteroatoms. The first kappa shape index (κ1) is 9.77. The van der Waals surface area contributed by atoms with Crippen LogP contribution < -0.4 is 0 Å². The Balaban J connectivity index is 2.62. The van der Waals surface area contributed by atoms with Crippen molar-refractivity contribution in [2.24, 2.45) is 5.41 Å². The van der Waals surface area contributed by atoms with E-state index in [9.17, 15) is 9.59 Å². The molecule has 0 spiro atoms. The SMILES string of the molecule is C=CCC1(C(=O)O)CN(C(C)=O)C1. The van der Waals surface area contributed by atoms with Crippen molar-refractivity contribution in [3.8, 4) is 0 Å². The van der Waals surface area contributed by atoms with E-state index in [1.165, 1.54) is 11.8 Å².